The number of sulfonamides is 1. The second-order valence-electron chi connectivity index (χ2n) is 4.08. The minimum Gasteiger partial charge on any atom is -0.299 e. The fourth-order valence-electron chi connectivity index (χ4n) is 1.92. The first-order chi connectivity index (χ1) is 6.82. The normalized spacial score (nSPS) is 22.3. The summed E-state index contributed by atoms with van der Waals surface area (Å²) in [4.78, 5) is 11.5. The quantitative estimate of drug-likeness (QED) is 0.675. The molecule has 5 heteroatoms. The lowest BCUT2D eigenvalue weighted by Gasteiger charge is -2.36. The summed E-state index contributed by atoms with van der Waals surface area (Å²) in [7, 11) is -3.12. The van der Waals surface area contributed by atoms with Gasteiger partial charge in [0.2, 0.25) is 10.0 Å². The van der Waals surface area contributed by atoms with Crippen LogP contribution in [0.2, 0.25) is 0 Å². The zero-order valence-electron chi connectivity index (χ0n) is 9.19. The Kier molecular flexibility index (Phi) is 3.35. The molecule has 0 aromatic carbocycles. The van der Waals surface area contributed by atoms with Gasteiger partial charge in [-0.25, -0.2) is 12.7 Å². The van der Waals surface area contributed by atoms with Crippen LogP contribution < -0.4 is 0 Å². The van der Waals surface area contributed by atoms with E-state index in [1.54, 1.807) is 6.08 Å². The van der Waals surface area contributed by atoms with Crippen LogP contribution in [-0.4, -0.2) is 37.9 Å². The third-order valence-electron chi connectivity index (χ3n) is 3.18. The van der Waals surface area contributed by atoms with Gasteiger partial charge in [0.1, 0.15) is 5.78 Å². The molecule has 0 atom stereocenters. The van der Waals surface area contributed by atoms with Crippen molar-refractivity contribution in [3.05, 3.63) is 12.7 Å². The topological polar surface area (TPSA) is 54.5 Å². The van der Waals surface area contributed by atoms with Crippen molar-refractivity contribution in [3.63, 3.8) is 0 Å². The van der Waals surface area contributed by atoms with E-state index in [1.807, 2.05) is 0 Å². The second kappa shape index (κ2) is 4.06. The van der Waals surface area contributed by atoms with Crippen molar-refractivity contribution >= 4 is 15.8 Å². The molecule has 1 heterocycles. The summed E-state index contributed by atoms with van der Waals surface area (Å²) in [5.41, 5.74) is -0.513. The Morgan fingerprint density at radius 3 is 2.13 bits per heavy atom. The SMILES string of the molecule is C=CC1(C(C)=O)CCN(S(C)(=O)=O)CC1. The first-order valence-corrected chi connectivity index (χ1v) is 6.76. The minimum atomic E-state index is -3.12. The molecule has 1 aliphatic rings. The van der Waals surface area contributed by atoms with Gasteiger partial charge in [0.25, 0.3) is 0 Å². The van der Waals surface area contributed by atoms with E-state index >= 15 is 0 Å². The molecule has 15 heavy (non-hydrogen) atoms. The molecule has 4 nitrogen and oxygen atoms in total. The molecule has 1 rings (SSSR count). The molecule has 1 fully saturated rings. The number of allylic oxidation sites excluding steroid dienone is 1. The molecule has 0 aromatic rings. The van der Waals surface area contributed by atoms with E-state index in [4.69, 9.17) is 0 Å². The van der Waals surface area contributed by atoms with Gasteiger partial charge in [-0.15, -0.1) is 6.58 Å². The molecule has 0 unspecified atom stereocenters. The highest BCUT2D eigenvalue weighted by molar-refractivity contribution is 7.88. The van der Waals surface area contributed by atoms with Crippen LogP contribution in [-0.2, 0) is 14.8 Å². The summed E-state index contributed by atoms with van der Waals surface area (Å²) in [5, 5.41) is 0. The highest BCUT2D eigenvalue weighted by Gasteiger charge is 2.38. The van der Waals surface area contributed by atoms with Crippen LogP contribution in [0, 0.1) is 5.41 Å². The van der Waals surface area contributed by atoms with Gasteiger partial charge in [-0.1, -0.05) is 6.08 Å². The summed E-state index contributed by atoms with van der Waals surface area (Å²) >= 11 is 0. The third kappa shape index (κ3) is 2.46. The van der Waals surface area contributed by atoms with Crippen LogP contribution in [0.15, 0.2) is 12.7 Å². The number of piperidine rings is 1. The van der Waals surface area contributed by atoms with Crippen molar-refractivity contribution in [1.29, 1.82) is 0 Å². The average molecular weight is 231 g/mol. The molecule has 0 amide bonds. The molecule has 0 radical (unpaired) electrons. The largest absolute Gasteiger partial charge is 0.299 e. The van der Waals surface area contributed by atoms with E-state index in [0.29, 0.717) is 25.9 Å². The summed E-state index contributed by atoms with van der Waals surface area (Å²) in [6.45, 7) is 6.03. The summed E-state index contributed by atoms with van der Waals surface area (Å²) in [6.07, 6.45) is 3.94. The number of Topliss-reactive ketones (excluding diaryl/α,β-unsaturated/α-hetero) is 1. The molecule has 0 aromatic heterocycles. The molecule has 0 N–H and O–H groups in total. The first kappa shape index (κ1) is 12.4. The Morgan fingerprint density at radius 2 is 1.87 bits per heavy atom. The predicted molar refractivity (Wildman–Crippen MR) is 59.0 cm³/mol. The van der Waals surface area contributed by atoms with Crippen LogP contribution in [0.5, 0.6) is 0 Å². The van der Waals surface area contributed by atoms with E-state index in [0.717, 1.165) is 0 Å². The van der Waals surface area contributed by atoms with Gasteiger partial charge in [0.15, 0.2) is 0 Å². The number of rotatable bonds is 3. The lowest BCUT2D eigenvalue weighted by Crippen LogP contribution is -2.44. The predicted octanol–water partition coefficient (Wildman–Crippen LogP) is 0.803. The van der Waals surface area contributed by atoms with Gasteiger partial charge >= 0.3 is 0 Å². The number of ketones is 1. The number of hydrogen-bond donors (Lipinski definition) is 0. The molecule has 1 saturated heterocycles. The van der Waals surface area contributed by atoms with E-state index < -0.39 is 15.4 Å². The fraction of sp³-hybridized carbons (Fsp3) is 0.700. The standard InChI is InChI=1S/C10H17NO3S/c1-4-10(9(2)12)5-7-11(8-6-10)15(3,13)14/h4H,1,5-8H2,2-3H3. The Balaban J connectivity index is 2.78. The van der Waals surface area contributed by atoms with Crippen LogP contribution in [0.4, 0.5) is 0 Å². The van der Waals surface area contributed by atoms with E-state index in [-0.39, 0.29) is 5.78 Å². The number of carbonyl (C=O) groups is 1. The van der Waals surface area contributed by atoms with E-state index in [1.165, 1.54) is 17.5 Å². The van der Waals surface area contributed by atoms with Crippen molar-refractivity contribution in [1.82, 2.24) is 4.31 Å². The molecular formula is C10H17NO3S. The molecule has 1 aliphatic heterocycles. The van der Waals surface area contributed by atoms with E-state index in [9.17, 15) is 13.2 Å². The lowest BCUT2D eigenvalue weighted by molar-refractivity contribution is -0.125. The van der Waals surface area contributed by atoms with Crippen molar-refractivity contribution in [3.8, 4) is 0 Å². The minimum absolute atomic E-state index is 0.0747. The summed E-state index contributed by atoms with van der Waals surface area (Å²) in [5.74, 6) is 0.0747. The van der Waals surface area contributed by atoms with Crippen molar-refractivity contribution in [2.45, 2.75) is 19.8 Å². The molecule has 86 valence electrons. The summed E-state index contributed by atoms with van der Waals surface area (Å²) < 4.78 is 24.0. The van der Waals surface area contributed by atoms with Crippen molar-refractivity contribution in [2.75, 3.05) is 19.3 Å². The zero-order valence-corrected chi connectivity index (χ0v) is 10.0. The molecule has 0 saturated carbocycles. The van der Waals surface area contributed by atoms with E-state index in [2.05, 4.69) is 6.58 Å². The maximum Gasteiger partial charge on any atom is 0.211 e. The van der Waals surface area contributed by atoms with Crippen LogP contribution in [0.25, 0.3) is 0 Å². The van der Waals surface area contributed by atoms with Gasteiger partial charge in [-0.3, -0.25) is 4.79 Å². The lowest BCUT2D eigenvalue weighted by atomic mass is 9.76. The van der Waals surface area contributed by atoms with Gasteiger partial charge < -0.3 is 0 Å². The van der Waals surface area contributed by atoms with Crippen molar-refractivity contribution in [2.24, 2.45) is 5.41 Å². The van der Waals surface area contributed by atoms with Gasteiger partial charge in [0, 0.05) is 18.5 Å². The van der Waals surface area contributed by atoms with Crippen LogP contribution in [0.3, 0.4) is 0 Å². The average Bonchev–Trinajstić information content (AvgIpc) is 2.16. The molecular weight excluding hydrogens is 214 g/mol. The smallest absolute Gasteiger partial charge is 0.211 e. The monoisotopic (exact) mass is 231 g/mol. The summed E-state index contributed by atoms with van der Waals surface area (Å²) in [6, 6.07) is 0. The molecule has 0 aliphatic carbocycles. The molecule has 0 bridgehead atoms. The highest BCUT2D eigenvalue weighted by atomic mass is 32.2. The second-order valence-corrected chi connectivity index (χ2v) is 6.06. The Bertz CT molecular complexity index is 364. The Morgan fingerprint density at radius 1 is 1.40 bits per heavy atom. The van der Waals surface area contributed by atoms with Crippen LogP contribution >= 0.6 is 0 Å². The number of hydrogen-bond acceptors (Lipinski definition) is 3. The van der Waals surface area contributed by atoms with Crippen molar-refractivity contribution < 1.29 is 13.2 Å². The van der Waals surface area contributed by atoms with Crippen LogP contribution in [0.1, 0.15) is 19.8 Å². The third-order valence-corrected chi connectivity index (χ3v) is 4.48. The molecule has 0 spiro atoms. The number of nitrogens with zero attached hydrogens (tertiary/aromatic N) is 1. The highest BCUT2D eigenvalue weighted by Crippen LogP contribution is 2.34. The Labute approximate surface area is 91.0 Å². The van der Waals surface area contributed by atoms with Gasteiger partial charge in [0.05, 0.1) is 6.26 Å². The number of carbonyl (C=O) groups excluding carboxylic acids is 1. The first-order valence-electron chi connectivity index (χ1n) is 4.91. The van der Waals surface area contributed by atoms with Gasteiger partial charge in [-0.05, 0) is 19.8 Å². The fourth-order valence-corrected chi connectivity index (χ4v) is 2.76. The maximum atomic E-state index is 11.5. The zero-order chi connectivity index (χ0) is 11.7. The Hall–Kier alpha value is -0.680. The van der Waals surface area contributed by atoms with Gasteiger partial charge in [-0.2, -0.15) is 0 Å². The maximum absolute atomic E-state index is 11.5.